The lowest BCUT2D eigenvalue weighted by molar-refractivity contribution is -0.160. The number of rotatable bonds is 2. The molecule has 1 aliphatic carbocycles. The van der Waals surface area contributed by atoms with Gasteiger partial charge in [0.05, 0.1) is 12.6 Å². The summed E-state index contributed by atoms with van der Waals surface area (Å²) in [5.74, 6) is -0.0234. The molecule has 2 fully saturated rings. The Morgan fingerprint density at radius 1 is 1.41 bits per heavy atom. The molecule has 1 heterocycles. The lowest BCUT2D eigenvalue weighted by atomic mass is 9.63. The SMILES string of the molecule is COC1CC(N2CCC(=O)NCC2=O)C1(C)C. The van der Waals surface area contributed by atoms with E-state index in [9.17, 15) is 9.59 Å². The first-order valence-corrected chi connectivity index (χ1v) is 6.05. The quantitative estimate of drug-likeness (QED) is 0.747. The molecule has 2 amide bonds. The predicted molar refractivity (Wildman–Crippen MR) is 62.3 cm³/mol. The summed E-state index contributed by atoms with van der Waals surface area (Å²) in [4.78, 5) is 25.1. The van der Waals surface area contributed by atoms with Crippen LogP contribution >= 0.6 is 0 Å². The molecular formula is C12H20N2O3. The second-order valence-corrected chi connectivity index (χ2v) is 5.41. The Kier molecular flexibility index (Phi) is 3.12. The van der Waals surface area contributed by atoms with E-state index in [1.165, 1.54) is 0 Å². The van der Waals surface area contributed by atoms with Crippen molar-refractivity contribution in [2.24, 2.45) is 5.41 Å². The number of ether oxygens (including phenoxy) is 1. The van der Waals surface area contributed by atoms with Gasteiger partial charge in [-0.05, 0) is 6.42 Å². The van der Waals surface area contributed by atoms with Crippen molar-refractivity contribution in [3.8, 4) is 0 Å². The van der Waals surface area contributed by atoms with E-state index >= 15 is 0 Å². The first-order valence-electron chi connectivity index (χ1n) is 6.05. The second-order valence-electron chi connectivity index (χ2n) is 5.41. The fraction of sp³-hybridized carbons (Fsp3) is 0.833. The summed E-state index contributed by atoms with van der Waals surface area (Å²) in [6, 6.07) is 0.188. The highest BCUT2D eigenvalue weighted by atomic mass is 16.5. The Balaban J connectivity index is 2.07. The normalized spacial score (nSPS) is 32.8. The van der Waals surface area contributed by atoms with E-state index in [-0.39, 0.29) is 35.9 Å². The van der Waals surface area contributed by atoms with Crippen molar-refractivity contribution < 1.29 is 14.3 Å². The summed E-state index contributed by atoms with van der Waals surface area (Å²) in [6.45, 7) is 4.88. The third kappa shape index (κ3) is 2.04. The molecule has 2 rings (SSSR count). The molecule has 0 aromatic heterocycles. The topological polar surface area (TPSA) is 58.6 Å². The van der Waals surface area contributed by atoms with E-state index < -0.39 is 0 Å². The number of carbonyl (C=O) groups excluding carboxylic acids is 2. The number of hydrogen-bond acceptors (Lipinski definition) is 3. The zero-order valence-electron chi connectivity index (χ0n) is 10.7. The maximum absolute atomic E-state index is 11.9. The van der Waals surface area contributed by atoms with Gasteiger partial charge in [0, 0.05) is 31.5 Å². The van der Waals surface area contributed by atoms with E-state index in [0.717, 1.165) is 6.42 Å². The lowest BCUT2D eigenvalue weighted by Crippen LogP contribution is -2.63. The van der Waals surface area contributed by atoms with Crippen LogP contribution in [0.1, 0.15) is 26.7 Å². The molecule has 2 atom stereocenters. The average Bonchev–Trinajstić information content (AvgIpc) is 2.43. The molecule has 1 N–H and O–H groups in total. The predicted octanol–water partition coefficient (Wildman–Crippen LogP) is 0.148. The molecule has 1 saturated carbocycles. The number of nitrogens with one attached hydrogen (secondary N) is 1. The largest absolute Gasteiger partial charge is 0.381 e. The van der Waals surface area contributed by atoms with Gasteiger partial charge < -0.3 is 15.0 Å². The second kappa shape index (κ2) is 4.29. The van der Waals surface area contributed by atoms with Crippen molar-refractivity contribution in [2.75, 3.05) is 20.2 Å². The molecular weight excluding hydrogens is 220 g/mol. The molecule has 0 aromatic carbocycles. The van der Waals surface area contributed by atoms with Gasteiger partial charge in [0.25, 0.3) is 0 Å². The smallest absolute Gasteiger partial charge is 0.242 e. The number of nitrogens with zero attached hydrogens (tertiary/aromatic N) is 1. The lowest BCUT2D eigenvalue weighted by Gasteiger charge is -2.55. The fourth-order valence-electron chi connectivity index (χ4n) is 2.83. The molecule has 0 bridgehead atoms. The maximum Gasteiger partial charge on any atom is 0.242 e. The molecule has 0 aromatic rings. The van der Waals surface area contributed by atoms with Crippen LogP contribution < -0.4 is 5.32 Å². The summed E-state index contributed by atoms with van der Waals surface area (Å²) >= 11 is 0. The zero-order chi connectivity index (χ0) is 12.6. The van der Waals surface area contributed by atoms with Gasteiger partial charge >= 0.3 is 0 Å². The summed E-state index contributed by atoms with van der Waals surface area (Å²) in [5, 5.41) is 2.62. The van der Waals surface area contributed by atoms with Crippen LogP contribution in [0.2, 0.25) is 0 Å². The van der Waals surface area contributed by atoms with Crippen molar-refractivity contribution in [1.82, 2.24) is 10.2 Å². The van der Waals surface area contributed by atoms with Crippen molar-refractivity contribution >= 4 is 11.8 Å². The Bertz CT molecular complexity index is 341. The van der Waals surface area contributed by atoms with Crippen LogP contribution in [0.4, 0.5) is 0 Å². The van der Waals surface area contributed by atoms with Gasteiger partial charge in [-0.15, -0.1) is 0 Å². The molecule has 5 nitrogen and oxygen atoms in total. The van der Waals surface area contributed by atoms with Crippen LogP contribution in [0.15, 0.2) is 0 Å². The van der Waals surface area contributed by atoms with Gasteiger partial charge in [-0.1, -0.05) is 13.8 Å². The van der Waals surface area contributed by atoms with Crippen molar-refractivity contribution in [3.63, 3.8) is 0 Å². The Morgan fingerprint density at radius 3 is 2.71 bits per heavy atom. The van der Waals surface area contributed by atoms with Crippen LogP contribution in [0.3, 0.4) is 0 Å². The maximum atomic E-state index is 11.9. The minimum atomic E-state index is -0.0405. The summed E-state index contributed by atoms with van der Waals surface area (Å²) in [5.41, 5.74) is -0.0300. The molecule has 2 aliphatic rings. The van der Waals surface area contributed by atoms with Gasteiger partial charge in [0.2, 0.25) is 11.8 Å². The number of carbonyl (C=O) groups is 2. The van der Waals surface area contributed by atoms with Crippen LogP contribution in [-0.2, 0) is 14.3 Å². The molecule has 0 spiro atoms. The monoisotopic (exact) mass is 240 g/mol. The minimum absolute atomic E-state index is 0.0171. The molecule has 96 valence electrons. The average molecular weight is 240 g/mol. The third-order valence-electron chi connectivity index (χ3n) is 4.12. The summed E-state index contributed by atoms with van der Waals surface area (Å²) < 4.78 is 5.39. The number of amides is 2. The van der Waals surface area contributed by atoms with Crippen LogP contribution in [0, 0.1) is 5.41 Å². The Labute approximate surface area is 101 Å². The third-order valence-corrected chi connectivity index (χ3v) is 4.12. The van der Waals surface area contributed by atoms with Gasteiger partial charge in [0.15, 0.2) is 0 Å². The molecule has 0 radical (unpaired) electrons. The molecule has 5 heteroatoms. The highest BCUT2D eigenvalue weighted by Gasteiger charge is 2.52. The van der Waals surface area contributed by atoms with E-state index in [1.807, 2.05) is 4.90 Å². The first-order chi connectivity index (χ1) is 7.96. The Morgan fingerprint density at radius 2 is 2.12 bits per heavy atom. The van der Waals surface area contributed by atoms with Gasteiger partial charge in [-0.25, -0.2) is 0 Å². The summed E-state index contributed by atoms with van der Waals surface area (Å²) in [6.07, 6.45) is 1.46. The molecule has 1 saturated heterocycles. The molecule has 1 aliphatic heterocycles. The summed E-state index contributed by atoms with van der Waals surface area (Å²) in [7, 11) is 1.71. The highest BCUT2D eigenvalue weighted by Crippen LogP contribution is 2.45. The van der Waals surface area contributed by atoms with E-state index in [2.05, 4.69) is 19.2 Å². The Hall–Kier alpha value is -1.10. The first kappa shape index (κ1) is 12.4. The van der Waals surface area contributed by atoms with E-state index in [0.29, 0.717) is 13.0 Å². The molecule has 17 heavy (non-hydrogen) atoms. The van der Waals surface area contributed by atoms with Crippen LogP contribution in [0.25, 0.3) is 0 Å². The van der Waals surface area contributed by atoms with Crippen LogP contribution in [0.5, 0.6) is 0 Å². The van der Waals surface area contributed by atoms with E-state index in [4.69, 9.17) is 4.74 Å². The number of hydrogen-bond donors (Lipinski definition) is 1. The van der Waals surface area contributed by atoms with Crippen molar-refractivity contribution in [3.05, 3.63) is 0 Å². The van der Waals surface area contributed by atoms with E-state index in [1.54, 1.807) is 7.11 Å². The number of methoxy groups -OCH3 is 1. The van der Waals surface area contributed by atoms with Crippen molar-refractivity contribution in [2.45, 2.75) is 38.8 Å². The standard InChI is InChI=1S/C12H20N2O3/c1-12(2)8(6-9(12)17-3)14-5-4-10(15)13-7-11(14)16/h8-9H,4-7H2,1-3H3,(H,13,15). The fourth-order valence-corrected chi connectivity index (χ4v) is 2.83. The van der Waals surface area contributed by atoms with Crippen molar-refractivity contribution in [1.29, 1.82) is 0 Å². The van der Waals surface area contributed by atoms with Gasteiger partial charge in [0.1, 0.15) is 0 Å². The van der Waals surface area contributed by atoms with Gasteiger partial charge in [-0.3, -0.25) is 9.59 Å². The van der Waals surface area contributed by atoms with Gasteiger partial charge in [-0.2, -0.15) is 0 Å². The minimum Gasteiger partial charge on any atom is -0.381 e. The molecule has 2 unspecified atom stereocenters. The zero-order valence-corrected chi connectivity index (χ0v) is 10.7. The highest BCUT2D eigenvalue weighted by molar-refractivity contribution is 5.87. The van der Waals surface area contributed by atoms with Crippen LogP contribution in [-0.4, -0.2) is 49.1 Å².